The molecule has 3 aliphatic rings. The number of hydrogen-bond acceptors (Lipinski definition) is 5. The third-order valence-corrected chi connectivity index (χ3v) is 5.67. The van der Waals surface area contributed by atoms with E-state index < -0.39 is 5.60 Å². The maximum Gasteiger partial charge on any atom is 0.254 e. The van der Waals surface area contributed by atoms with Crippen LogP contribution in [0.4, 0.5) is 0 Å². The van der Waals surface area contributed by atoms with Gasteiger partial charge < -0.3 is 19.9 Å². The Morgan fingerprint density at radius 3 is 2.04 bits per heavy atom. The van der Waals surface area contributed by atoms with Crippen molar-refractivity contribution in [3.8, 4) is 0 Å². The number of halogens is 2. The van der Waals surface area contributed by atoms with Crippen LogP contribution in [0.3, 0.4) is 0 Å². The molecular formula is C17H32Cl2N4O3. The van der Waals surface area contributed by atoms with E-state index in [9.17, 15) is 9.59 Å². The average molecular weight is 411 g/mol. The molecule has 0 unspecified atom stereocenters. The van der Waals surface area contributed by atoms with Crippen LogP contribution in [0, 0.1) is 0 Å². The Kier molecular flexibility index (Phi) is 9.61. The minimum Gasteiger partial charge on any atom is -0.368 e. The van der Waals surface area contributed by atoms with E-state index in [4.69, 9.17) is 4.74 Å². The van der Waals surface area contributed by atoms with Crippen molar-refractivity contribution in [1.29, 1.82) is 0 Å². The van der Waals surface area contributed by atoms with E-state index in [-0.39, 0.29) is 36.6 Å². The summed E-state index contributed by atoms with van der Waals surface area (Å²) >= 11 is 0. The first-order valence-corrected chi connectivity index (χ1v) is 9.20. The minimum absolute atomic E-state index is 0. The molecule has 152 valence electrons. The second kappa shape index (κ2) is 10.7. The number of nitrogens with zero attached hydrogens (tertiary/aromatic N) is 3. The fourth-order valence-electron chi connectivity index (χ4n) is 3.99. The summed E-state index contributed by atoms with van der Waals surface area (Å²) in [7, 11) is 1.65. The number of amides is 2. The molecule has 1 N–H and O–H groups in total. The standard InChI is InChI=1S/C17H30N4O3.2ClH/c1-24-17(4-6-18-7-5-17)16(23)21-12-10-19(11-13-21)14-15(22)20-8-2-3-9-20;;/h18H,2-14H2,1H3;2*1H. The summed E-state index contributed by atoms with van der Waals surface area (Å²) in [5.41, 5.74) is -0.654. The lowest BCUT2D eigenvalue weighted by molar-refractivity contribution is -0.160. The predicted molar refractivity (Wildman–Crippen MR) is 105 cm³/mol. The smallest absolute Gasteiger partial charge is 0.254 e. The Balaban J connectivity index is 0.00000169. The van der Waals surface area contributed by atoms with Crippen LogP contribution < -0.4 is 5.32 Å². The number of piperazine rings is 1. The number of ether oxygens (including phenoxy) is 1. The van der Waals surface area contributed by atoms with Gasteiger partial charge in [0.15, 0.2) is 0 Å². The van der Waals surface area contributed by atoms with Gasteiger partial charge in [0.25, 0.3) is 5.91 Å². The quantitative estimate of drug-likeness (QED) is 0.724. The number of piperidine rings is 1. The van der Waals surface area contributed by atoms with E-state index in [1.807, 2.05) is 9.80 Å². The number of carbonyl (C=O) groups excluding carboxylic acids is 2. The molecule has 7 nitrogen and oxygen atoms in total. The molecule has 3 aliphatic heterocycles. The van der Waals surface area contributed by atoms with Gasteiger partial charge in [0, 0.05) is 46.4 Å². The number of carbonyl (C=O) groups is 2. The van der Waals surface area contributed by atoms with Crippen molar-refractivity contribution in [1.82, 2.24) is 20.0 Å². The summed E-state index contributed by atoms with van der Waals surface area (Å²) in [6.07, 6.45) is 3.72. The van der Waals surface area contributed by atoms with Gasteiger partial charge in [0.2, 0.25) is 5.91 Å². The van der Waals surface area contributed by atoms with Crippen LogP contribution >= 0.6 is 24.8 Å². The maximum absolute atomic E-state index is 12.9. The topological polar surface area (TPSA) is 65.1 Å². The minimum atomic E-state index is -0.654. The van der Waals surface area contributed by atoms with Gasteiger partial charge in [0.05, 0.1) is 6.54 Å². The lowest BCUT2D eigenvalue weighted by Gasteiger charge is -2.42. The normalized spacial score (nSPS) is 23.1. The Labute approximate surface area is 168 Å². The van der Waals surface area contributed by atoms with E-state index in [1.165, 1.54) is 0 Å². The Morgan fingerprint density at radius 1 is 0.923 bits per heavy atom. The average Bonchev–Trinajstić information content (AvgIpc) is 3.17. The van der Waals surface area contributed by atoms with E-state index >= 15 is 0 Å². The molecule has 0 aromatic heterocycles. The summed E-state index contributed by atoms with van der Waals surface area (Å²) < 4.78 is 5.65. The van der Waals surface area contributed by atoms with Gasteiger partial charge in [0.1, 0.15) is 5.60 Å². The molecule has 9 heteroatoms. The monoisotopic (exact) mass is 410 g/mol. The van der Waals surface area contributed by atoms with Gasteiger partial charge >= 0.3 is 0 Å². The molecule has 3 heterocycles. The zero-order valence-corrected chi connectivity index (χ0v) is 17.2. The highest BCUT2D eigenvalue weighted by molar-refractivity contribution is 5.86. The van der Waals surface area contributed by atoms with E-state index in [2.05, 4.69) is 10.2 Å². The van der Waals surface area contributed by atoms with Gasteiger partial charge in [-0.05, 0) is 38.8 Å². The number of methoxy groups -OCH3 is 1. The van der Waals surface area contributed by atoms with Gasteiger partial charge in [-0.1, -0.05) is 0 Å². The molecule has 3 fully saturated rings. The zero-order chi connectivity index (χ0) is 17.0. The summed E-state index contributed by atoms with van der Waals surface area (Å²) in [4.78, 5) is 31.2. The molecule has 0 atom stereocenters. The van der Waals surface area contributed by atoms with Gasteiger partial charge in [-0.15, -0.1) is 24.8 Å². The molecule has 0 radical (unpaired) electrons. The summed E-state index contributed by atoms with van der Waals surface area (Å²) in [6, 6.07) is 0. The lowest BCUT2D eigenvalue weighted by Crippen LogP contribution is -2.59. The van der Waals surface area contributed by atoms with Gasteiger partial charge in [-0.3, -0.25) is 14.5 Å². The van der Waals surface area contributed by atoms with E-state index in [0.717, 1.165) is 65.0 Å². The summed E-state index contributed by atoms with van der Waals surface area (Å²) in [5, 5.41) is 3.29. The van der Waals surface area contributed by atoms with Crippen LogP contribution in [0.25, 0.3) is 0 Å². The van der Waals surface area contributed by atoms with Crippen LogP contribution in [-0.4, -0.2) is 98.1 Å². The van der Waals surface area contributed by atoms with E-state index in [1.54, 1.807) is 7.11 Å². The highest BCUT2D eigenvalue weighted by atomic mass is 35.5. The first-order chi connectivity index (χ1) is 11.6. The predicted octanol–water partition coefficient (Wildman–Crippen LogP) is 0.365. The van der Waals surface area contributed by atoms with Crippen molar-refractivity contribution >= 4 is 36.6 Å². The number of likely N-dealkylation sites (tertiary alicyclic amines) is 1. The highest BCUT2D eigenvalue weighted by Gasteiger charge is 2.43. The number of nitrogens with one attached hydrogen (secondary N) is 1. The molecule has 26 heavy (non-hydrogen) atoms. The molecule has 0 aromatic rings. The fraction of sp³-hybridized carbons (Fsp3) is 0.882. The Bertz CT molecular complexity index is 461. The Morgan fingerprint density at radius 2 is 1.50 bits per heavy atom. The van der Waals surface area contributed by atoms with Crippen molar-refractivity contribution < 1.29 is 14.3 Å². The lowest BCUT2D eigenvalue weighted by atomic mass is 9.90. The SMILES string of the molecule is COC1(C(=O)N2CCN(CC(=O)N3CCCC3)CC2)CCNCC1.Cl.Cl. The van der Waals surface area contributed by atoms with Crippen molar-refractivity contribution in [3.63, 3.8) is 0 Å². The van der Waals surface area contributed by atoms with Crippen LogP contribution in [0.1, 0.15) is 25.7 Å². The van der Waals surface area contributed by atoms with Crippen molar-refractivity contribution in [2.24, 2.45) is 0 Å². The number of rotatable bonds is 4. The summed E-state index contributed by atoms with van der Waals surface area (Å²) in [6.45, 7) is 6.85. The van der Waals surface area contributed by atoms with Crippen LogP contribution in [0.15, 0.2) is 0 Å². The first kappa shape index (κ1) is 23.4. The zero-order valence-electron chi connectivity index (χ0n) is 15.6. The maximum atomic E-state index is 12.9. The highest BCUT2D eigenvalue weighted by Crippen LogP contribution is 2.25. The van der Waals surface area contributed by atoms with Gasteiger partial charge in [-0.2, -0.15) is 0 Å². The second-order valence-electron chi connectivity index (χ2n) is 7.10. The van der Waals surface area contributed by atoms with E-state index in [0.29, 0.717) is 19.6 Å². The molecular weight excluding hydrogens is 379 g/mol. The third kappa shape index (κ3) is 5.23. The Hall–Kier alpha value is -0.600. The van der Waals surface area contributed by atoms with Crippen LogP contribution in [0.2, 0.25) is 0 Å². The van der Waals surface area contributed by atoms with Crippen molar-refractivity contribution in [2.75, 3.05) is 66.0 Å². The van der Waals surface area contributed by atoms with Crippen LogP contribution in [0.5, 0.6) is 0 Å². The first-order valence-electron chi connectivity index (χ1n) is 9.20. The molecule has 0 aromatic carbocycles. The summed E-state index contributed by atoms with van der Waals surface area (Å²) in [5.74, 6) is 0.357. The fourth-order valence-corrected chi connectivity index (χ4v) is 3.99. The molecule has 3 saturated heterocycles. The molecule has 0 aliphatic carbocycles. The molecule has 2 amide bonds. The van der Waals surface area contributed by atoms with Crippen molar-refractivity contribution in [2.45, 2.75) is 31.3 Å². The van der Waals surface area contributed by atoms with Crippen LogP contribution in [-0.2, 0) is 14.3 Å². The molecule has 3 rings (SSSR count). The third-order valence-electron chi connectivity index (χ3n) is 5.67. The molecule has 0 spiro atoms. The number of hydrogen-bond donors (Lipinski definition) is 1. The largest absolute Gasteiger partial charge is 0.368 e. The van der Waals surface area contributed by atoms with Gasteiger partial charge in [-0.25, -0.2) is 0 Å². The molecule has 0 bridgehead atoms. The van der Waals surface area contributed by atoms with Crippen molar-refractivity contribution in [3.05, 3.63) is 0 Å². The molecule has 0 saturated carbocycles. The second-order valence-corrected chi connectivity index (χ2v) is 7.10.